The maximum atomic E-state index is 14.3. The summed E-state index contributed by atoms with van der Waals surface area (Å²) in [5.41, 5.74) is 7.44. The van der Waals surface area contributed by atoms with Crippen LogP contribution in [0.1, 0.15) is 44.1 Å². The van der Waals surface area contributed by atoms with Gasteiger partial charge in [0.2, 0.25) is 11.8 Å². The van der Waals surface area contributed by atoms with Gasteiger partial charge in [-0.05, 0) is 53.4 Å². The predicted molar refractivity (Wildman–Crippen MR) is 146 cm³/mol. The summed E-state index contributed by atoms with van der Waals surface area (Å²) in [6, 6.07) is 26.7. The molecule has 4 aromatic rings. The van der Waals surface area contributed by atoms with Crippen LogP contribution in [-0.4, -0.2) is 28.9 Å². The Morgan fingerprint density at radius 1 is 0.897 bits per heavy atom. The van der Waals surface area contributed by atoms with E-state index in [-0.39, 0.29) is 17.7 Å². The van der Waals surface area contributed by atoms with Crippen molar-refractivity contribution in [3.8, 4) is 0 Å². The number of benzene rings is 3. The molecule has 2 atom stereocenters. The number of hydrogen-bond donors (Lipinski definition) is 1. The number of hydrazone groups is 1. The summed E-state index contributed by atoms with van der Waals surface area (Å²) in [4.78, 5) is 46.6. The summed E-state index contributed by atoms with van der Waals surface area (Å²) in [6.45, 7) is 1.97. The molecule has 0 spiro atoms. The average Bonchev–Trinajstić information content (AvgIpc) is 3.25. The minimum Gasteiger partial charge on any atom is -0.274 e. The van der Waals surface area contributed by atoms with E-state index < -0.39 is 23.2 Å². The van der Waals surface area contributed by atoms with Gasteiger partial charge in [0.15, 0.2) is 0 Å². The zero-order chi connectivity index (χ0) is 26.7. The van der Waals surface area contributed by atoms with Gasteiger partial charge in [-0.15, -0.1) is 0 Å². The van der Waals surface area contributed by atoms with Crippen LogP contribution in [0, 0.1) is 18.8 Å². The Morgan fingerprint density at radius 2 is 1.56 bits per heavy atom. The highest BCUT2D eigenvalue weighted by atomic mass is 16.2. The number of aromatic nitrogens is 1. The number of anilines is 1. The van der Waals surface area contributed by atoms with Gasteiger partial charge in [0.1, 0.15) is 0 Å². The first-order valence-electron chi connectivity index (χ1n) is 12.9. The van der Waals surface area contributed by atoms with E-state index in [9.17, 15) is 14.4 Å². The third-order valence-corrected chi connectivity index (χ3v) is 8.33. The van der Waals surface area contributed by atoms with Crippen LogP contribution in [0.3, 0.4) is 0 Å². The molecule has 0 radical (unpaired) electrons. The van der Waals surface area contributed by atoms with E-state index in [4.69, 9.17) is 0 Å². The van der Waals surface area contributed by atoms with Crippen LogP contribution in [0.5, 0.6) is 0 Å². The van der Waals surface area contributed by atoms with Crippen LogP contribution in [0.2, 0.25) is 0 Å². The summed E-state index contributed by atoms with van der Waals surface area (Å²) in [5.74, 6) is -2.43. The van der Waals surface area contributed by atoms with Gasteiger partial charge in [-0.3, -0.25) is 19.4 Å². The molecule has 1 aliphatic heterocycles. The molecule has 8 rings (SSSR count). The average molecular weight is 513 g/mol. The molecule has 4 aliphatic rings. The number of imide groups is 1. The van der Waals surface area contributed by atoms with Gasteiger partial charge in [0, 0.05) is 24.5 Å². The van der Waals surface area contributed by atoms with E-state index in [2.05, 4.69) is 15.5 Å². The fourth-order valence-corrected chi connectivity index (χ4v) is 6.75. The number of nitrogens with one attached hydrogen (secondary N) is 1. The molecule has 2 heterocycles. The molecule has 2 bridgehead atoms. The molecule has 2 unspecified atom stereocenters. The third-order valence-electron chi connectivity index (χ3n) is 8.33. The van der Waals surface area contributed by atoms with E-state index in [1.165, 1.54) is 11.1 Å². The van der Waals surface area contributed by atoms with E-state index in [1.807, 2.05) is 79.7 Å². The lowest BCUT2D eigenvalue weighted by molar-refractivity contribution is -0.122. The Labute approximate surface area is 225 Å². The number of hydrogen-bond acceptors (Lipinski definition) is 5. The number of pyridine rings is 1. The van der Waals surface area contributed by atoms with Crippen molar-refractivity contribution in [2.75, 3.05) is 4.90 Å². The highest BCUT2D eigenvalue weighted by Gasteiger charge is 2.68. The molecule has 1 N–H and O–H groups in total. The van der Waals surface area contributed by atoms with Gasteiger partial charge in [-0.2, -0.15) is 5.10 Å². The van der Waals surface area contributed by atoms with Gasteiger partial charge < -0.3 is 0 Å². The highest BCUT2D eigenvalue weighted by Crippen LogP contribution is 2.63. The second-order valence-corrected chi connectivity index (χ2v) is 10.3. The second kappa shape index (κ2) is 8.56. The molecule has 7 heteroatoms. The number of amides is 3. The topological polar surface area (TPSA) is 91.7 Å². The summed E-state index contributed by atoms with van der Waals surface area (Å²) in [7, 11) is 0. The number of carbonyl (C=O) groups excluding carboxylic acids is 3. The van der Waals surface area contributed by atoms with Crippen LogP contribution < -0.4 is 10.3 Å². The zero-order valence-corrected chi connectivity index (χ0v) is 21.1. The van der Waals surface area contributed by atoms with Gasteiger partial charge >= 0.3 is 0 Å². The van der Waals surface area contributed by atoms with Crippen molar-refractivity contribution < 1.29 is 14.4 Å². The van der Waals surface area contributed by atoms with Gasteiger partial charge in [-0.25, -0.2) is 10.3 Å². The van der Waals surface area contributed by atoms with E-state index in [0.29, 0.717) is 11.3 Å². The number of rotatable bonds is 4. The molecule has 3 aliphatic carbocycles. The number of aryl methyl sites for hydroxylation is 1. The van der Waals surface area contributed by atoms with Gasteiger partial charge in [-0.1, -0.05) is 66.2 Å². The molecule has 1 saturated heterocycles. The predicted octanol–water partition coefficient (Wildman–Crippen LogP) is 4.36. The first kappa shape index (κ1) is 23.2. The van der Waals surface area contributed by atoms with Crippen LogP contribution in [0.4, 0.5) is 5.69 Å². The Hall–Kier alpha value is -4.91. The van der Waals surface area contributed by atoms with Crippen molar-refractivity contribution in [2.45, 2.75) is 18.3 Å². The monoisotopic (exact) mass is 512 g/mol. The SMILES string of the molecule is Cc1ccc(N2C(=O)C3C4c5ccccc5C(C=NNC(=O)c5cccnc5)(c5ccccc54)C3C2=O)cc1. The fraction of sp³-hybridized carbons (Fsp3) is 0.156. The third kappa shape index (κ3) is 3.19. The van der Waals surface area contributed by atoms with Crippen LogP contribution in [-0.2, 0) is 15.0 Å². The standard InChI is InChI=1S/C32H24N4O3/c1-19-12-14-21(15-13-19)36-30(38)27-26-22-8-2-4-10-24(22)32(28(27)31(36)39,25-11-5-3-9-23(25)26)18-34-35-29(37)20-7-6-16-33-17-20/h2-18,26-28H,1H3,(H,35,37). The van der Waals surface area contributed by atoms with Crippen LogP contribution in [0.15, 0.2) is 102 Å². The Balaban J connectivity index is 1.41. The first-order valence-corrected chi connectivity index (χ1v) is 12.9. The molecule has 1 aromatic heterocycles. The molecular formula is C32H24N4O3. The van der Waals surface area contributed by atoms with Gasteiger partial charge in [0.05, 0.1) is 28.5 Å². The van der Waals surface area contributed by atoms with E-state index in [1.54, 1.807) is 24.5 Å². The maximum Gasteiger partial charge on any atom is 0.272 e. The fourth-order valence-electron chi connectivity index (χ4n) is 6.75. The molecule has 3 amide bonds. The smallest absolute Gasteiger partial charge is 0.272 e. The minimum absolute atomic E-state index is 0.208. The Kier molecular flexibility index (Phi) is 5.10. The lowest BCUT2D eigenvalue weighted by Gasteiger charge is -2.52. The zero-order valence-electron chi connectivity index (χ0n) is 21.1. The lowest BCUT2D eigenvalue weighted by Crippen LogP contribution is -2.54. The van der Waals surface area contributed by atoms with Crippen molar-refractivity contribution in [1.82, 2.24) is 10.4 Å². The van der Waals surface area contributed by atoms with Crippen molar-refractivity contribution in [1.29, 1.82) is 0 Å². The number of nitrogens with zero attached hydrogens (tertiary/aromatic N) is 3. The first-order chi connectivity index (χ1) is 19.0. The van der Waals surface area contributed by atoms with Gasteiger partial charge in [0.25, 0.3) is 5.91 Å². The molecule has 3 aromatic carbocycles. The minimum atomic E-state index is -1.04. The quantitative estimate of drug-likeness (QED) is 0.250. The van der Waals surface area contributed by atoms with Crippen LogP contribution >= 0.6 is 0 Å². The Bertz CT molecular complexity index is 1630. The summed E-state index contributed by atoms with van der Waals surface area (Å²) in [6.07, 6.45) is 4.72. The molecule has 7 nitrogen and oxygen atoms in total. The molecule has 190 valence electrons. The van der Waals surface area contributed by atoms with Crippen molar-refractivity contribution >= 4 is 29.6 Å². The molecular weight excluding hydrogens is 488 g/mol. The summed E-state index contributed by atoms with van der Waals surface area (Å²) < 4.78 is 0. The normalized spacial score (nSPS) is 24.4. The lowest BCUT2D eigenvalue weighted by atomic mass is 9.47. The van der Waals surface area contributed by atoms with Crippen LogP contribution in [0.25, 0.3) is 0 Å². The highest BCUT2D eigenvalue weighted by molar-refractivity contribution is 6.25. The Morgan fingerprint density at radius 3 is 2.21 bits per heavy atom. The van der Waals surface area contributed by atoms with Crippen molar-refractivity contribution in [2.24, 2.45) is 16.9 Å². The van der Waals surface area contributed by atoms with Crippen molar-refractivity contribution in [3.05, 3.63) is 131 Å². The van der Waals surface area contributed by atoms with Crippen molar-refractivity contribution in [3.63, 3.8) is 0 Å². The molecule has 0 saturated carbocycles. The second-order valence-electron chi connectivity index (χ2n) is 10.3. The molecule has 39 heavy (non-hydrogen) atoms. The number of carbonyl (C=O) groups is 3. The van der Waals surface area contributed by atoms with E-state index >= 15 is 0 Å². The largest absolute Gasteiger partial charge is 0.274 e. The summed E-state index contributed by atoms with van der Waals surface area (Å²) >= 11 is 0. The summed E-state index contributed by atoms with van der Waals surface area (Å²) in [5, 5.41) is 4.43. The maximum absolute atomic E-state index is 14.3. The molecule has 1 fully saturated rings. The van der Waals surface area contributed by atoms with E-state index in [0.717, 1.165) is 27.8 Å².